The van der Waals surface area contributed by atoms with Gasteiger partial charge in [0.15, 0.2) is 5.11 Å². The second-order valence-corrected chi connectivity index (χ2v) is 8.98. The molecule has 0 spiro atoms. The number of nitrogens with one attached hydrogen (secondary N) is 1. The van der Waals surface area contributed by atoms with E-state index in [1.54, 1.807) is 12.1 Å². The zero-order valence-corrected chi connectivity index (χ0v) is 19.2. The Bertz CT molecular complexity index is 1110. The number of ether oxygens (including phenoxy) is 1. The molecule has 0 aliphatic carbocycles. The van der Waals surface area contributed by atoms with Crippen molar-refractivity contribution in [3.8, 4) is 11.4 Å². The van der Waals surface area contributed by atoms with E-state index in [1.807, 2.05) is 30.5 Å². The number of rotatable bonds is 5. The Balaban J connectivity index is 1.58. The number of nitrogens with zero attached hydrogens (tertiary/aromatic N) is 3. The fourth-order valence-electron chi connectivity index (χ4n) is 5.03. The van der Waals surface area contributed by atoms with Crippen LogP contribution in [-0.4, -0.2) is 43.9 Å². The van der Waals surface area contributed by atoms with E-state index in [0.717, 1.165) is 53.9 Å². The van der Waals surface area contributed by atoms with Crippen LogP contribution in [0.5, 0.6) is 5.75 Å². The summed E-state index contributed by atoms with van der Waals surface area (Å²) >= 11 is 5.82. The molecule has 0 saturated carbocycles. The smallest absolute Gasteiger partial charge is 0.170 e. The van der Waals surface area contributed by atoms with Gasteiger partial charge in [-0.25, -0.2) is 0 Å². The largest absolute Gasteiger partial charge is 0.508 e. The molecule has 3 atom stereocenters. The van der Waals surface area contributed by atoms with Crippen molar-refractivity contribution in [1.29, 1.82) is 0 Å². The van der Waals surface area contributed by atoms with E-state index in [-0.39, 0.29) is 23.9 Å². The molecule has 2 saturated heterocycles. The van der Waals surface area contributed by atoms with Crippen molar-refractivity contribution in [3.05, 3.63) is 77.4 Å². The monoisotopic (exact) mass is 448 g/mol. The van der Waals surface area contributed by atoms with Crippen molar-refractivity contribution in [2.75, 3.05) is 13.2 Å². The van der Waals surface area contributed by atoms with E-state index in [2.05, 4.69) is 45.7 Å². The molecule has 2 aliphatic rings. The summed E-state index contributed by atoms with van der Waals surface area (Å²) in [4.78, 5) is 6.93. The van der Waals surface area contributed by atoms with E-state index in [9.17, 15) is 5.11 Å². The Labute approximate surface area is 193 Å². The fourth-order valence-corrected chi connectivity index (χ4v) is 5.35. The van der Waals surface area contributed by atoms with Crippen molar-refractivity contribution in [2.45, 2.75) is 44.9 Å². The van der Waals surface area contributed by atoms with Gasteiger partial charge in [0.2, 0.25) is 0 Å². The lowest BCUT2D eigenvalue weighted by Gasteiger charge is -2.30. The number of pyridine rings is 1. The van der Waals surface area contributed by atoms with Gasteiger partial charge >= 0.3 is 0 Å². The summed E-state index contributed by atoms with van der Waals surface area (Å²) < 4.78 is 8.19. The highest BCUT2D eigenvalue weighted by atomic mass is 32.1. The third kappa shape index (κ3) is 3.76. The number of hydrogen-bond donors (Lipinski definition) is 2. The van der Waals surface area contributed by atoms with Gasteiger partial charge in [0.1, 0.15) is 5.75 Å². The Kier molecular flexibility index (Phi) is 5.61. The Morgan fingerprint density at radius 1 is 1.19 bits per heavy atom. The topological polar surface area (TPSA) is 62.5 Å². The van der Waals surface area contributed by atoms with Gasteiger partial charge in [-0.1, -0.05) is 6.07 Å². The van der Waals surface area contributed by atoms with Gasteiger partial charge < -0.3 is 24.6 Å². The molecule has 2 fully saturated rings. The quantitative estimate of drug-likeness (QED) is 0.566. The molecule has 4 heterocycles. The van der Waals surface area contributed by atoms with E-state index in [0.29, 0.717) is 0 Å². The van der Waals surface area contributed by atoms with E-state index >= 15 is 0 Å². The maximum atomic E-state index is 9.72. The highest BCUT2D eigenvalue weighted by molar-refractivity contribution is 7.80. The number of aromatic hydroxyl groups is 1. The van der Waals surface area contributed by atoms with Crippen LogP contribution in [0.1, 0.15) is 47.6 Å². The Morgan fingerprint density at radius 2 is 2.00 bits per heavy atom. The first-order valence-corrected chi connectivity index (χ1v) is 11.5. The molecule has 3 aromatic rings. The van der Waals surface area contributed by atoms with E-state index < -0.39 is 0 Å². The highest BCUT2D eigenvalue weighted by Crippen LogP contribution is 2.42. The van der Waals surface area contributed by atoms with Gasteiger partial charge in [-0.15, -0.1) is 0 Å². The van der Waals surface area contributed by atoms with Crippen molar-refractivity contribution in [1.82, 2.24) is 19.8 Å². The second-order valence-electron chi connectivity index (χ2n) is 8.59. The van der Waals surface area contributed by atoms with Crippen LogP contribution in [0.15, 0.2) is 54.7 Å². The van der Waals surface area contributed by atoms with Crippen LogP contribution >= 0.6 is 12.2 Å². The molecule has 166 valence electrons. The van der Waals surface area contributed by atoms with Crippen LogP contribution in [0.2, 0.25) is 0 Å². The number of benzene rings is 1. The van der Waals surface area contributed by atoms with Crippen molar-refractivity contribution in [2.24, 2.45) is 0 Å². The van der Waals surface area contributed by atoms with E-state index in [4.69, 9.17) is 17.0 Å². The molecule has 2 aromatic heterocycles. The minimum atomic E-state index is -0.0427. The summed E-state index contributed by atoms with van der Waals surface area (Å²) in [5.74, 6) is 0.264. The highest BCUT2D eigenvalue weighted by Gasteiger charge is 2.42. The summed E-state index contributed by atoms with van der Waals surface area (Å²) in [5.41, 5.74) is 5.51. The SMILES string of the molecule is Cc1cc([C@@H]2[C@@H](c3ccccn3)NC(=S)N2C[C@@H]2CCCO2)c(C)n1-c1ccc(O)cc1. The van der Waals surface area contributed by atoms with Gasteiger partial charge in [-0.05, 0) is 86.9 Å². The second kappa shape index (κ2) is 8.56. The average molecular weight is 449 g/mol. The van der Waals surface area contributed by atoms with Gasteiger partial charge in [-0.2, -0.15) is 0 Å². The fraction of sp³-hybridized carbons (Fsp3) is 0.360. The van der Waals surface area contributed by atoms with Crippen LogP contribution in [0.3, 0.4) is 0 Å². The van der Waals surface area contributed by atoms with Gasteiger partial charge in [-0.3, -0.25) is 4.98 Å². The number of phenolic OH excluding ortho intramolecular Hbond substituents is 1. The summed E-state index contributed by atoms with van der Waals surface area (Å²) in [6, 6.07) is 15.6. The molecule has 0 amide bonds. The molecule has 1 aromatic carbocycles. The summed E-state index contributed by atoms with van der Waals surface area (Å²) in [7, 11) is 0. The molecular formula is C25H28N4O2S. The molecular weight excluding hydrogens is 420 g/mol. The molecule has 2 N–H and O–H groups in total. The molecule has 0 unspecified atom stereocenters. The zero-order chi connectivity index (χ0) is 22.2. The summed E-state index contributed by atoms with van der Waals surface area (Å²) in [6.45, 7) is 5.85. The lowest BCUT2D eigenvalue weighted by molar-refractivity contribution is 0.0842. The number of aromatic nitrogens is 2. The predicted molar refractivity (Wildman–Crippen MR) is 128 cm³/mol. The third-order valence-electron chi connectivity index (χ3n) is 6.52. The maximum absolute atomic E-state index is 9.72. The Hall–Kier alpha value is -2.90. The standard InChI is InChI=1S/C25H28N4O2S/c1-16-14-21(17(2)29(16)18-8-10-19(30)11-9-18)24-23(22-7-3-4-12-26-22)27-25(32)28(24)15-20-6-5-13-31-20/h3-4,7-12,14,20,23-24,30H,5-6,13,15H2,1-2H3,(H,27,32)/t20-,23+,24+/m0/s1. The number of aryl methyl sites for hydroxylation is 1. The number of hydrogen-bond acceptors (Lipinski definition) is 4. The molecule has 0 bridgehead atoms. The number of thiocarbonyl (C=S) groups is 1. The zero-order valence-electron chi connectivity index (χ0n) is 18.4. The van der Waals surface area contributed by atoms with Crippen LogP contribution in [-0.2, 0) is 4.74 Å². The predicted octanol–water partition coefficient (Wildman–Crippen LogP) is 4.35. The van der Waals surface area contributed by atoms with Crippen molar-refractivity contribution >= 4 is 17.3 Å². The van der Waals surface area contributed by atoms with Gasteiger partial charge in [0.25, 0.3) is 0 Å². The molecule has 2 aliphatic heterocycles. The average Bonchev–Trinajstić information content (AvgIpc) is 3.49. The molecule has 7 heteroatoms. The van der Waals surface area contributed by atoms with E-state index in [1.165, 1.54) is 5.56 Å². The van der Waals surface area contributed by atoms with Gasteiger partial charge in [0, 0.05) is 36.4 Å². The maximum Gasteiger partial charge on any atom is 0.170 e. The first kappa shape index (κ1) is 21.0. The van der Waals surface area contributed by atoms with Gasteiger partial charge in [0.05, 0.1) is 23.9 Å². The van der Waals surface area contributed by atoms with Crippen LogP contribution in [0.25, 0.3) is 5.69 Å². The number of phenols is 1. The molecule has 6 nitrogen and oxygen atoms in total. The third-order valence-corrected chi connectivity index (χ3v) is 6.87. The van der Waals surface area contributed by atoms with Crippen LogP contribution in [0, 0.1) is 13.8 Å². The lowest BCUT2D eigenvalue weighted by atomic mass is 9.96. The first-order chi connectivity index (χ1) is 15.5. The molecule has 5 rings (SSSR count). The minimum Gasteiger partial charge on any atom is -0.508 e. The van der Waals surface area contributed by atoms with Crippen molar-refractivity contribution < 1.29 is 9.84 Å². The van der Waals surface area contributed by atoms with Crippen LogP contribution < -0.4 is 5.32 Å². The molecule has 32 heavy (non-hydrogen) atoms. The van der Waals surface area contributed by atoms with Crippen LogP contribution in [0.4, 0.5) is 0 Å². The summed E-state index contributed by atoms with van der Waals surface area (Å²) in [6.07, 6.45) is 4.19. The normalized spacial score (nSPS) is 23.0. The lowest BCUT2D eigenvalue weighted by Crippen LogP contribution is -2.36. The first-order valence-electron chi connectivity index (χ1n) is 11.1. The van der Waals surface area contributed by atoms with Crippen molar-refractivity contribution in [3.63, 3.8) is 0 Å². The summed E-state index contributed by atoms with van der Waals surface area (Å²) in [5, 5.41) is 14.0. The molecule has 0 radical (unpaired) electrons. The minimum absolute atomic E-state index is 0.0127. The Morgan fingerprint density at radius 3 is 2.69 bits per heavy atom.